The van der Waals surface area contributed by atoms with Gasteiger partial charge in [-0.2, -0.15) is 0 Å². The summed E-state index contributed by atoms with van der Waals surface area (Å²) in [5, 5.41) is 13.1. The molecule has 1 aromatic rings. The molecule has 0 aliphatic heterocycles. The van der Waals surface area contributed by atoms with Crippen molar-refractivity contribution >= 4 is 5.91 Å². The lowest BCUT2D eigenvalue weighted by Crippen LogP contribution is -2.46. The van der Waals surface area contributed by atoms with E-state index in [-0.39, 0.29) is 11.3 Å². The van der Waals surface area contributed by atoms with Crippen molar-refractivity contribution in [3.8, 4) is 0 Å². The number of benzene rings is 1. The zero-order valence-corrected chi connectivity index (χ0v) is 13.1. The molecule has 1 aromatic carbocycles. The zero-order valence-electron chi connectivity index (χ0n) is 13.1. The van der Waals surface area contributed by atoms with Gasteiger partial charge in [0.25, 0.3) is 0 Å². The minimum Gasteiger partial charge on any atom is -0.388 e. The van der Waals surface area contributed by atoms with E-state index >= 15 is 0 Å². The smallest absolute Gasteiger partial charge is 0.226 e. The first-order chi connectivity index (χ1) is 10.0. The van der Waals surface area contributed by atoms with Crippen LogP contribution in [-0.2, 0) is 4.79 Å². The monoisotopic (exact) mass is 289 g/mol. The predicted molar refractivity (Wildman–Crippen MR) is 84.8 cm³/mol. The third kappa shape index (κ3) is 4.07. The van der Waals surface area contributed by atoms with Crippen LogP contribution in [0.5, 0.6) is 0 Å². The number of carbonyl (C=O) groups excluding carboxylic acids is 1. The molecule has 0 aromatic heterocycles. The van der Waals surface area contributed by atoms with Crippen LogP contribution in [0.3, 0.4) is 0 Å². The number of carbonyl (C=O) groups is 1. The molecule has 0 bridgehead atoms. The molecule has 3 nitrogen and oxygen atoms in total. The summed E-state index contributed by atoms with van der Waals surface area (Å²) in [4.78, 5) is 12.4. The summed E-state index contributed by atoms with van der Waals surface area (Å²) < 4.78 is 0. The Morgan fingerprint density at radius 2 is 1.95 bits per heavy atom. The molecule has 1 unspecified atom stereocenters. The fraction of sp³-hybridized carbons (Fsp3) is 0.611. The van der Waals surface area contributed by atoms with Gasteiger partial charge in [0.2, 0.25) is 5.91 Å². The van der Waals surface area contributed by atoms with Gasteiger partial charge in [0, 0.05) is 12.0 Å². The predicted octanol–water partition coefficient (Wildman–Crippen LogP) is 3.44. The fourth-order valence-corrected chi connectivity index (χ4v) is 3.26. The van der Waals surface area contributed by atoms with Gasteiger partial charge in [0.15, 0.2) is 0 Å². The highest BCUT2D eigenvalue weighted by Crippen LogP contribution is 2.46. The van der Waals surface area contributed by atoms with E-state index in [0.29, 0.717) is 18.9 Å². The Morgan fingerprint density at radius 3 is 2.48 bits per heavy atom. The van der Waals surface area contributed by atoms with Crippen LogP contribution >= 0.6 is 0 Å². The van der Waals surface area contributed by atoms with Crippen LogP contribution in [0, 0.1) is 11.3 Å². The summed E-state index contributed by atoms with van der Waals surface area (Å²) in [5.74, 6) is 0.730. The maximum atomic E-state index is 12.4. The Kier molecular flexibility index (Phi) is 5.40. The SMILES string of the molecule is CC(C)CC1(C(=O)NCCC(O)c2ccccc2)CCC1. The highest BCUT2D eigenvalue weighted by atomic mass is 16.3. The third-order valence-corrected chi connectivity index (χ3v) is 4.48. The average molecular weight is 289 g/mol. The van der Waals surface area contributed by atoms with Crippen molar-refractivity contribution in [2.75, 3.05) is 6.54 Å². The zero-order chi connectivity index (χ0) is 15.3. The number of amides is 1. The van der Waals surface area contributed by atoms with Gasteiger partial charge < -0.3 is 10.4 Å². The van der Waals surface area contributed by atoms with E-state index < -0.39 is 6.10 Å². The molecule has 1 saturated carbocycles. The second-order valence-electron chi connectivity index (χ2n) is 6.70. The minimum atomic E-state index is -0.506. The third-order valence-electron chi connectivity index (χ3n) is 4.48. The van der Waals surface area contributed by atoms with E-state index in [0.717, 1.165) is 31.2 Å². The minimum absolute atomic E-state index is 0.133. The van der Waals surface area contributed by atoms with E-state index in [9.17, 15) is 9.90 Å². The number of hydrogen-bond donors (Lipinski definition) is 2. The molecular weight excluding hydrogens is 262 g/mol. The average Bonchev–Trinajstić information content (AvgIpc) is 2.43. The van der Waals surface area contributed by atoms with Gasteiger partial charge in [0.1, 0.15) is 0 Å². The molecule has 1 aliphatic carbocycles. The van der Waals surface area contributed by atoms with Gasteiger partial charge in [-0.15, -0.1) is 0 Å². The normalized spacial score (nSPS) is 18.1. The van der Waals surface area contributed by atoms with Crippen molar-refractivity contribution in [1.29, 1.82) is 0 Å². The lowest BCUT2D eigenvalue weighted by molar-refractivity contribution is -0.137. The van der Waals surface area contributed by atoms with Crippen molar-refractivity contribution in [1.82, 2.24) is 5.32 Å². The summed E-state index contributed by atoms with van der Waals surface area (Å²) >= 11 is 0. The molecule has 1 aliphatic rings. The second-order valence-corrected chi connectivity index (χ2v) is 6.70. The van der Waals surface area contributed by atoms with E-state index in [2.05, 4.69) is 19.2 Å². The van der Waals surface area contributed by atoms with Crippen molar-refractivity contribution in [2.24, 2.45) is 11.3 Å². The molecule has 1 amide bonds. The summed E-state index contributed by atoms with van der Waals surface area (Å²) in [6.45, 7) is 4.88. The molecule has 0 radical (unpaired) electrons. The molecule has 0 heterocycles. The van der Waals surface area contributed by atoms with Gasteiger partial charge in [-0.1, -0.05) is 50.6 Å². The molecular formula is C18H27NO2. The van der Waals surface area contributed by atoms with Crippen molar-refractivity contribution in [3.05, 3.63) is 35.9 Å². The fourth-order valence-electron chi connectivity index (χ4n) is 3.26. The van der Waals surface area contributed by atoms with Crippen LogP contribution in [0.15, 0.2) is 30.3 Å². The molecule has 116 valence electrons. The van der Waals surface area contributed by atoms with Crippen LogP contribution in [0.2, 0.25) is 0 Å². The van der Waals surface area contributed by atoms with Crippen LogP contribution in [0.1, 0.15) is 57.6 Å². The standard InChI is InChI=1S/C18H27NO2/c1-14(2)13-18(10-6-11-18)17(21)19-12-9-16(20)15-7-4-3-5-8-15/h3-5,7-8,14,16,20H,6,9-13H2,1-2H3,(H,19,21). The lowest BCUT2D eigenvalue weighted by Gasteiger charge is -2.41. The largest absolute Gasteiger partial charge is 0.388 e. The summed E-state index contributed by atoms with van der Waals surface area (Å²) in [5.41, 5.74) is 0.776. The Labute approximate surface area is 127 Å². The molecule has 1 atom stereocenters. The number of hydrogen-bond acceptors (Lipinski definition) is 2. The van der Waals surface area contributed by atoms with Crippen LogP contribution < -0.4 is 5.32 Å². The number of aliphatic hydroxyl groups is 1. The van der Waals surface area contributed by atoms with Gasteiger partial charge in [-0.25, -0.2) is 0 Å². The van der Waals surface area contributed by atoms with Crippen molar-refractivity contribution in [3.63, 3.8) is 0 Å². The summed E-state index contributed by atoms with van der Waals surface area (Å²) in [6.07, 6.45) is 4.21. The Bertz CT molecular complexity index is 452. The highest BCUT2D eigenvalue weighted by molar-refractivity contribution is 5.83. The maximum absolute atomic E-state index is 12.4. The Hall–Kier alpha value is -1.35. The first-order valence-corrected chi connectivity index (χ1v) is 8.05. The van der Waals surface area contributed by atoms with Crippen LogP contribution in [0.25, 0.3) is 0 Å². The molecule has 1 fully saturated rings. The van der Waals surface area contributed by atoms with Crippen LogP contribution in [-0.4, -0.2) is 17.6 Å². The highest BCUT2D eigenvalue weighted by Gasteiger charge is 2.43. The quantitative estimate of drug-likeness (QED) is 0.808. The summed E-state index contributed by atoms with van der Waals surface area (Å²) in [7, 11) is 0. The van der Waals surface area contributed by atoms with Gasteiger partial charge in [-0.05, 0) is 37.2 Å². The Morgan fingerprint density at radius 1 is 1.29 bits per heavy atom. The second kappa shape index (κ2) is 7.08. The number of aliphatic hydroxyl groups excluding tert-OH is 1. The number of nitrogens with one attached hydrogen (secondary N) is 1. The topological polar surface area (TPSA) is 49.3 Å². The van der Waals surface area contributed by atoms with E-state index in [1.807, 2.05) is 30.3 Å². The van der Waals surface area contributed by atoms with Crippen LogP contribution in [0.4, 0.5) is 0 Å². The van der Waals surface area contributed by atoms with E-state index in [1.165, 1.54) is 0 Å². The first-order valence-electron chi connectivity index (χ1n) is 8.05. The molecule has 2 rings (SSSR count). The lowest BCUT2D eigenvalue weighted by atomic mass is 9.64. The van der Waals surface area contributed by atoms with Gasteiger partial charge in [-0.3, -0.25) is 4.79 Å². The molecule has 2 N–H and O–H groups in total. The molecule has 0 spiro atoms. The van der Waals surface area contributed by atoms with Gasteiger partial charge >= 0.3 is 0 Å². The number of rotatable bonds is 7. The van der Waals surface area contributed by atoms with Crippen molar-refractivity contribution < 1.29 is 9.90 Å². The van der Waals surface area contributed by atoms with Crippen molar-refractivity contribution in [2.45, 2.75) is 52.1 Å². The molecule has 0 saturated heterocycles. The van der Waals surface area contributed by atoms with E-state index in [1.54, 1.807) is 0 Å². The van der Waals surface area contributed by atoms with E-state index in [4.69, 9.17) is 0 Å². The van der Waals surface area contributed by atoms with Gasteiger partial charge in [0.05, 0.1) is 6.10 Å². The maximum Gasteiger partial charge on any atom is 0.226 e. The first kappa shape index (κ1) is 16.0. The molecule has 3 heteroatoms. The Balaban J connectivity index is 1.79. The summed E-state index contributed by atoms with van der Waals surface area (Å²) in [6, 6.07) is 9.61. The molecule has 21 heavy (non-hydrogen) atoms.